The Morgan fingerprint density at radius 1 is 1.30 bits per heavy atom. The number of benzene rings is 1. The highest BCUT2D eigenvalue weighted by Crippen LogP contribution is 2.20. The molecule has 1 saturated heterocycles. The first-order valence-corrected chi connectivity index (χ1v) is 7.73. The summed E-state index contributed by atoms with van der Waals surface area (Å²) in [7, 11) is 0. The van der Waals surface area contributed by atoms with E-state index in [1.54, 1.807) is 11.8 Å². The number of rotatable bonds is 4. The van der Waals surface area contributed by atoms with Crippen molar-refractivity contribution >= 4 is 30.1 Å². The predicted molar refractivity (Wildman–Crippen MR) is 85.0 cm³/mol. The second-order valence-corrected chi connectivity index (χ2v) is 5.39. The fraction of sp³-hybridized carbons (Fsp3) is 0.500. The molecule has 0 aliphatic carbocycles. The molecular weight excluding hydrogens is 296 g/mol. The van der Waals surface area contributed by atoms with Crippen molar-refractivity contribution in [3.8, 4) is 5.75 Å². The van der Waals surface area contributed by atoms with Crippen LogP contribution in [0.25, 0.3) is 0 Å². The second-order valence-electron chi connectivity index (χ2n) is 4.51. The van der Waals surface area contributed by atoms with Crippen LogP contribution in [0.15, 0.2) is 29.2 Å². The molecule has 1 unspecified atom stereocenters. The summed E-state index contributed by atoms with van der Waals surface area (Å²) >= 11 is 1.69. The van der Waals surface area contributed by atoms with Gasteiger partial charge in [-0.05, 0) is 37.4 Å². The standard InChI is InChI=1S/C14H20N2O2S.ClH/c1-11(14(17)16-9-7-15-8-10-16)18-12-3-5-13(19-2)6-4-12;/h3-6,11,15H,7-10H2,1-2H3;1H. The van der Waals surface area contributed by atoms with Gasteiger partial charge in [0.1, 0.15) is 5.75 Å². The predicted octanol–water partition coefficient (Wildman–Crippen LogP) is 2.03. The first kappa shape index (κ1) is 17.1. The third-order valence-electron chi connectivity index (χ3n) is 3.15. The largest absolute Gasteiger partial charge is 0.481 e. The maximum Gasteiger partial charge on any atom is 0.263 e. The molecule has 0 radical (unpaired) electrons. The van der Waals surface area contributed by atoms with Crippen LogP contribution in [0, 0.1) is 0 Å². The highest BCUT2D eigenvalue weighted by Gasteiger charge is 2.23. The van der Waals surface area contributed by atoms with Gasteiger partial charge in [0, 0.05) is 31.1 Å². The number of ether oxygens (including phenoxy) is 1. The summed E-state index contributed by atoms with van der Waals surface area (Å²) in [6, 6.07) is 7.82. The van der Waals surface area contributed by atoms with Gasteiger partial charge in [0.25, 0.3) is 5.91 Å². The lowest BCUT2D eigenvalue weighted by atomic mass is 10.3. The van der Waals surface area contributed by atoms with Crippen molar-refractivity contribution in [2.75, 3.05) is 32.4 Å². The van der Waals surface area contributed by atoms with Gasteiger partial charge in [0.2, 0.25) is 0 Å². The number of nitrogens with one attached hydrogen (secondary N) is 1. The molecule has 1 amide bonds. The first-order valence-electron chi connectivity index (χ1n) is 6.51. The van der Waals surface area contributed by atoms with E-state index in [9.17, 15) is 4.79 Å². The number of halogens is 1. The van der Waals surface area contributed by atoms with Crippen LogP contribution in [0.2, 0.25) is 0 Å². The summed E-state index contributed by atoms with van der Waals surface area (Å²) in [6.45, 7) is 5.06. The monoisotopic (exact) mass is 316 g/mol. The zero-order valence-electron chi connectivity index (χ0n) is 11.8. The smallest absolute Gasteiger partial charge is 0.263 e. The normalized spacial score (nSPS) is 16.2. The fourth-order valence-electron chi connectivity index (χ4n) is 2.05. The van der Waals surface area contributed by atoms with Crippen molar-refractivity contribution in [2.45, 2.75) is 17.9 Å². The molecule has 1 aliphatic rings. The molecule has 20 heavy (non-hydrogen) atoms. The molecule has 1 aliphatic heterocycles. The summed E-state index contributed by atoms with van der Waals surface area (Å²) in [5, 5.41) is 3.23. The van der Waals surface area contributed by atoms with E-state index in [-0.39, 0.29) is 18.3 Å². The average molecular weight is 317 g/mol. The van der Waals surface area contributed by atoms with Crippen LogP contribution in [-0.2, 0) is 4.79 Å². The summed E-state index contributed by atoms with van der Waals surface area (Å²) in [6.07, 6.45) is 1.60. The average Bonchev–Trinajstić information content (AvgIpc) is 2.48. The molecule has 0 bridgehead atoms. The van der Waals surface area contributed by atoms with Crippen LogP contribution in [0.5, 0.6) is 5.75 Å². The molecule has 1 heterocycles. The van der Waals surface area contributed by atoms with Gasteiger partial charge in [-0.15, -0.1) is 24.2 Å². The second kappa shape index (κ2) is 8.39. The maximum atomic E-state index is 12.2. The van der Waals surface area contributed by atoms with E-state index in [1.165, 1.54) is 4.90 Å². The number of carbonyl (C=O) groups is 1. The van der Waals surface area contributed by atoms with Gasteiger partial charge < -0.3 is 15.0 Å². The zero-order valence-corrected chi connectivity index (χ0v) is 13.4. The topological polar surface area (TPSA) is 41.6 Å². The van der Waals surface area contributed by atoms with E-state index >= 15 is 0 Å². The molecule has 1 N–H and O–H groups in total. The lowest BCUT2D eigenvalue weighted by molar-refractivity contribution is -0.138. The van der Waals surface area contributed by atoms with Crippen LogP contribution >= 0.6 is 24.2 Å². The van der Waals surface area contributed by atoms with Gasteiger partial charge in [-0.1, -0.05) is 0 Å². The van der Waals surface area contributed by atoms with Crippen molar-refractivity contribution in [2.24, 2.45) is 0 Å². The number of hydrogen-bond donors (Lipinski definition) is 1. The zero-order chi connectivity index (χ0) is 13.7. The van der Waals surface area contributed by atoms with E-state index < -0.39 is 6.10 Å². The van der Waals surface area contributed by atoms with Crippen molar-refractivity contribution in [3.63, 3.8) is 0 Å². The highest BCUT2D eigenvalue weighted by atomic mass is 35.5. The quantitative estimate of drug-likeness (QED) is 0.863. The summed E-state index contributed by atoms with van der Waals surface area (Å²) in [5.41, 5.74) is 0. The third kappa shape index (κ3) is 4.58. The Balaban J connectivity index is 0.00000200. The van der Waals surface area contributed by atoms with Gasteiger partial charge in [0.05, 0.1) is 0 Å². The Kier molecular flexibility index (Phi) is 7.19. The van der Waals surface area contributed by atoms with Crippen LogP contribution in [-0.4, -0.2) is 49.3 Å². The number of carbonyl (C=O) groups excluding carboxylic acids is 1. The molecule has 1 atom stereocenters. The van der Waals surface area contributed by atoms with E-state index in [4.69, 9.17) is 4.74 Å². The molecule has 6 heteroatoms. The number of hydrogen-bond acceptors (Lipinski definition) is 4. The number of piperazine rings is 1. The SMILES string of the molecule is CSc1ccc(OC(C)C(=O)N2CCNCC2)cc1.Cl. The molecule has 112 valence electrons. The minimum atomic E-state index is -0.432. The molecule has 1 aromatic rings. The summed E-state index contributed by atoms with van der Waals surface area (Å²) in [4.78, 5) is 15.2. The van der Waals surface area contributed by atoms with Crippen molar-refractivity contribution in [1.82, 2.24) is 10.2 Å². The van der Waals surface area contributed by atoms with E-state index in [0.29, 0.717) is 0 Å². The van der Waals surface area contributed by atoms with Crippen molar-refractivity contribution in [3.05, 3.63) is 24.3 Å². The molecule has 1 fully saturated rings. The Hall–Kier alpha value is -0.910. The molecular formula is C14H21ClN2O2S. The fourth-order valence-corrected chi connectivity index (χ4v) is 2.46. The molecule has 0 spiro atoms. The van der Waals surface area contributed by atoms with Gasteiger partial charge in [-0.3, -0.25) is 4.79 Å². The Morgan fingerprint density at radius 2 is 1.90 bits per heavy atom. The van der Waals surface area contributed by atoms with Crippen LogP contribution in [0.3, 0.4) is 0 Å². The van der Waals surface area contributed by atoms with Gasteiger partial charge in [-0.2, -0.15) is 0 Å². The van der Waals surface area contributed by atoms with Crippen molar-refractivity contribution < 1.29 is 9.53 Å². The van der Waals surface area contributed by atoms with Crippen molar-refractivity contribution in [1.29, 1.82) is 0 Å². The molecule has 4 nitrogen and oxygen atoms in total. The molecule has 2 rings (SSSR count). The van der Waals surface area contributed by atoms with E-state index in [0.717, 1.165) is 31.9 Å². The lowest BCUT2D eigenvalue weighted by Gasteiger charge is -2.29. The first-order chi connectivity index (χ1) is 9.20. The Labute approximate surface area is 130 Å². The van der Waals surface area contributed by atoms with Crippen LogP contribution < -0.4 is 10.1 Å². The van der Waals surface area contributed by atoms with Crippen LogP contribution in [0.1, 0.15) is 6.92 Å². The number of thioether (sulfide) groups is 1. The maximum absolute atomic E-state index is 12.2. The third-order valence-corrected chi connectivity index (χ3v) is 3.89. The Morgan fingerprint density at radius 3 is 2.45 bits per heavy atom. The summed E-state index contributed by atoms with van der Waals surface area (Å²) < 4.78 is 5.71. The number of amides is 1. The molecule has 0 aromatic heterocycles. The lowest BCUT2D eigenvalue weighted by Crippen LogP contribution is -2.50. The molecule has 0 saturated carbocycles. The van der Waals surface area contributed by atoms with Gasteiger partial charge in [-0.25, -0.2) is 0 Å². The van der Waals surface area contributed by atoms with Gasteiger partial charge >= 0.3 is 0 Å². The van der Waals surface area contributed by atoms with Crippen LogP contribution in [0.4, 0.5) is 0 Å². The Bertz CT molecular complexity index is 422. The summed E-state index contributed by atoms with van der Waals surface area (Å²) in [5.74, 6) is 0.809. The number of nitrogens with zero attached hydrogens (tertiary/aromatic N) is 1. The molecule has 1 aromatic carbocycles. The van der Waals surface area contributed by atoms with E-state index in [2.05, 4.69) is 5.32 Å². The minimum absolute atomic E-state index is 0. The van der Waals surface area contributed by atoms with Gasteiger partial charge in [0.15, 0.2) is 6.10 Å². The minimum Gasteiger partial charge on any atom is -0.481 e. The highest BCUT2D eigenvalue weighted by molar-refractivity contribution is 7.98. The van der Waals surface area contributed by atoms with E-state index in [1.807, 2.05) is 42.3 Å².